The molecule has 0 atom stereocenters. The van der Waals surface area contributed by atoms with Crippen molar-refractivity contribution >= 4 is 32.5 Å². The minimum atomic E-state index is -0.169. The molecular weight excluding hydrogens is 653 g/mol. The highest BCUT2D eigenvalue weighted by Crippen LogP contribution is 2.59. The zero-order chi connectivity index (χ0) is 35.5. The van der Waals surface area contributed by atoms with Crippen LogP contribution in [0.5, 0.6) is 5.75 Å². The minimum Gasteiger partial charge on any atom is -0.490 e. The average Bonchev–Trinajstić information content (AvgIpc) is 3.77. The van der Waals surface area contributed by atoms with Crippen LogP contribution < -0.4 is 9.30 Å². The van der Waals surface area contributed by atoms with Crippen LogP contribution in [0.2, 0.25) is 0 Å². The van der Waals surface area contributed by atoms with Crippen LogP contribution in [0.1, 0.15) is 49.9 Å². The highest BCUT2D eigenvalue weighted by atomic mass is 32.1. The van der Waals surface area contributed by atoms with E-state index in [1.807, 2.05) is 0 Å². The highest BCUT2D eigenvalue weighted by molar-refractivity contribution is 7.21. The Morgan fingerprint density at radius 1 is 0.577 bits per heavy atom. The Labute approximate surface area is 308 Å². The number of para-hydroxylation sites is 1. The molecule has 0 aliphatic heterocycles. The van der Waals surface area contributed by atoms with E-state index in [-0.39, 0.29) is 10.8 Å². The number of thiazole rings is 1. The van der Waals surface area contributed by atoms with E-state index in [2.05, 4.69) is 167 Å². The Balaban J connectivity index is 1.04. The van der Waals surface area contributed by atoms with Gasteiger partial charge in [-0.2, -0.15) is 4.57 Å². The monoisotopic (exact) mass is 691 g/mol. The van der Waals surface area contributed by atoms with Gasteiger partial charge in [0.15, 0.2) is 11.9 Å². The van der Waals surface area contributed by atoms with Crippen molar-refractivity contribution < 1.29 is 9.30 Å². The van der Waals surface area contributed by atoms with Crippen molar-refractivity contribution in [2.45, 2.75) is 38.5 Å². The third-order valence-corrected chi connectivity index (χ3v) is 12.9. The van der Waals surface area contributed by atoms with Gasteiger partial charge < -0.3 is 4.74 Å². The van der Waals surface area contributed by atoms with Gasteiger partial charge in [0.1, 0.15) is 12.1 Å². The standard InChI is InChI=1S/C48H39N2OS/c1-47(2)38-26-30(28-13-15-29(16-14-28)46-49-40-11-7-8-12-42(40)52-46)17-19-33(38)35-21-22-36-34-20-18-31(27-39(34)48(3,4)44(36)43(35)47)32-23-24-41(51-6)45-37(32)10-9-25-50(45)5/h7-27H,1-6H3/q+1. The molecule has 6 aromatic carbocycles. The Morgan fingerprint density at radius 3 is 1.83 bits per heavy atom. The van der Waals surface area contributed by atoms with Crippen LogP contribution in [-0.2, 0) is 17.9 Å². The molecule has 0 saturated carbocycles. The predicted octanol–water partition coefficient (Wildman–Crippen LogP) is 11.9. The van der Waals surface area contributed by atoms with Gasteiger partial charge in [0.05, 0.1) is 22.7 Å². The number of hydrogen-bond donors (Lipinski definition) is 0. The Hall–Kier alpha value is -5.58. The van der Waals surface area contributed by atoms with Crippen LogP contribution in [0, 0.1) is 0 Å². The molecule has 0 radical (unpaired) electrons. The Bertz CT molecular complexity index is 2750. The normalized spacial score (nSPS) is 14.7. The van der Waals surface area contributed by atoms with E-state index >= 15 is 0 Å². The lowest BCUT2D eigenvalue weighted by Crippen LogP contribution is -2.28. The van der Waals surface area contributed by atoms with E-state index in [0.717, 1.165) is 27.4 Å². The third-order valence-electron chi connectivity index (χ3n) is 11.8. The zero-order valence-corrected chi connectivity index (χ0v) is 31.2. The molecule has 0 N–H and O–H groups in total. The number of ether oxygens (including phenoxy) is 1. The van der Waals surface area contributed by atoms with Crippen molar-refractivity contribution in [2.24, 2.45) is 7.05 Å². The lowest BCUT2D eigenvalue weighted by atomic mass is 9.72. The number of pyridine rings is 1. The average molecular weight is 692 g/mol. The van der Waals surface area contributed by atoms with E-state index < -0.39 is 0 Å². The number of methoxy groups -OCH3 is 1. The number of rotatable bonds is 4. The maximum atomic E-state index is 5.78. The van der Waals surface area contributed by atoms with Gasteiger partial charge in [-0.3, -0.25) is 0 Å². The molecule has 8 aromatic rings. The predicted molar refractivity (Wildman–Crippen MR) is 216 cm³/mol. The number of fused-ring (bicyclic) bond motifs is 9. The Kier molecular flexibility index (Phi) is 6.57. The first-order chi connectivity index (χ1) is 25.1. The Morgan fingerprint density at radius 2 is 1.15 bits per heavy atom. The first kappa shape index (κ1) is 31.2. The van der Waals surface area contributed by atoms with E-state index in [1.165, 1.54) is 76.8 Å². The van der Waals surface area contributed by atoms with E-state index in [9.17, 15) is 0 Å². The number of hydrogen-bond acceptors (Lipinski definition) is 3. The van der Waals surface area contributed by atoms with Crippen LogP contribution in [0.3, 0.4) is 0 Å². The van der Waals surface area contributed by atoms with E-state index in [4.69, 9.17) is 9.72 Å². The molecule has 2 aliphatic rings. The van der Waals surface area contributed by atoms with E-state index in [1.54, 1.807) is 18.4 Å². The second-order valence-corrected chi connectivity index (χ2v) is 16.5. The van der Waals surface area contributed by atoms with E-state index in [0.29, 0.717) is 0 Å². The van der Waals surface area contributed by atoms with Crippen LogP contribution in [-0.4, -0.2) is 12.1 Å². The van der Waals surface area contributed by atoms with Crippen molar-refractivity contribution in [1.29, 1.82) is 0 Å². The number of aromatic nitrogens is 2. The summed E-state index contributed by atoms with van der Waals surface area (Å²) in [5, 5.41) is 2.26. The molecule has 10 rings (SSSR count). The van der Waals surface area contributed by atoms with Crippen molar-refractivity contribution in [3.63, 3.8) is 0 Å². The molecule has 52 heavy (non-hydrogen) atoms. The van der Waals surface area contributed by atoms with Gasteiger partial charge in [0, 0.05) is 22.5 Å². The first-order valence-electron chi connectivity index (χ1n) is 18.0. The third kappa shape index (κ3) is 4.31. The molecule has 2 aromatic heterocycles. The summed E-state index contributed by atoms with van der Waals surface area (Å²) < 4.78 is 9.15. The maximum Gasteiger partial charge on any atom is 0.255 e. The van der Waals surface area contributed by atoms with Crippen molar-refractivity contribution in [2.75, 3.05) is 7.11 Å². The topological polar surface area (TPSA) is 26.0 Å². The zero-order valence-electron chi connectivity index (χ0n) is 30.3. The number of aryl methyl sites for hydroxylation is 1. The largest absolute Gasteiger partial charge is 0.490 e. The number of nitrogens with zero attached hydrogens (tertiary/aromatic N) is 2. The molecule has 252 valence electrons. The molecule has 3 nitrogen and oxygen atoms in total. The van der Waals surface area contributed by atoms with Crippen molar-refractivity contribution in [3.05, 3.63) is 150 Å². The highest BCUT2D eigenvalue weighted by Gasteiger charge is 2.46. The van der Waals surface area contributed by atoms with Crippen LogP contribution >= 0.6 is 11.3 Å². The lowest BCUT2D eigenvalue weighted by molar-refractivity contribution is -0.645. The van der Waals surface area contributed by atoms with Gasteiger partial charge in [0.25, 0.3) is 5.52 Å². The summed E-state index contributed by atoms with van der Waals surface area (Å²) in [6.07, 6.45) is 2.08. The minimum absolute atomic E-state index is 0.157. The summed E-state index contributed by atoms with van der Waals surface area (Å²) in [6, 6.07) is 44.9. The fourth-order valence-electron chi connectivity index (χ4n) is 9.24. The summed E-state index contributed by atoms with van der Waals surface area (Å²) in [5.41, 5.74) is 19.1. The summed E-state index contributed by atoms with van der Waals surface area (Å²) in [6.45, 7) is 9.69. The molecule has 0 saturated heterocycles. The molecule has 0 bridgehead atoms. The number of benzene rings is 6. The lowest BCUT2D eigenvalue weighted by Gasteiger charge is -2.31. The fraction of sp³-hybridized carbons (Fsp3) is 0.167. The molecule has 0 amide bonds. The second kappa shape index (κ2) is 11.0. The van der Waals surface area contributed by atoms with Gasteiger partial charge in [-0.15, -0.1) is 11.3 Å². The summed E-state index contributed by atoms with van der Waals surface area (Å²) in [5.74, 6) is 0.887. The van der Waals surface area contributed by atoms with Crippen LogP contribution in [0.4, 0.5) is 0 Å². The summed E-state index contributed by atoms with van der Waals surface area (Å²) in [7, 11) is 3.83. The van der Waals surface area contributed by atoms with Gasteiger partial charge in [0.2, 0.25) is 0 Å². The van der Waals surface area contributed by atoms with Crippen LogP contribution in [0.15, 0.2) is 128 Å². The summed E-state index contributed by atoms with van der Waals surface area (Å²) >= 11 is 1.75. The fourth-order valence-corrected chi connectivity index (χ4v) is 10.2. The van der Waals surface area contributed by atoms with Crippen LogP contribution in [0.25, 0.3) is 76.2 Å². The second-order valence-electron chi connectivity index (χ2n) is 15.4. The first-order valence-corrected chi connectivity index (χ1v) is 18.9. The molecule has 0 unspecified atom stereocenters. The maximum absolute atomic E-state index is 5.78. The van der Waals surface area contributed by atoms with Crippen molar-refractivity contribution in [3.8, 4) is 60.8 Å². The molecular formula is C48H39N2OS+. The molecule has 0 spiro atoms. The van der Waals surface area contributed by atoms with Crippen molar-refractivity contribution in [1.82, 2.24) is 4.98 Å². The van der Waals surface area contributed by atoms with Gasteiger partial charge >= 0.3 is 0 Å². The molecule has 4 heteroatoms. The summed E-state index contributed by atoms with van der Waals surface area (Å²) in [4.78, 5) is 4.88. The molecule has 2 heterocycles. The smallest absolute Gasteiger partial charge is 0.255 e. The van der Waals surface area contributed by atoms with Gasteiger partial charge in [-0.1, -0.05) is 100 Å². The molecule has 0 fully saturated rings. The van der Waals surface area contributed by atoms with Gasteiger partial charge in [-0.05, 0) is 109 Å². The SMILES string of the molecule is COc1ccc(-c2ccc3c(c2)C(C)(C)c2c-3ccc3c2C(C)(C)c2cc(-c4ccc(-c5nc6ccccc6s5)cc4)ccc2-3)c2ccc[n+](C)c12. The van der Waals surface area contributed by atoms with Gasteiger partial charge in [-0.25, -0.2) is 4.98 Å². The molecule has 2 aliphatic carbocycles. The quantitative estimate of drug-likeness (QED) is 0.172.